The Bertz CT molecular complexity index is 42.1. The lowest BCUT2D eigenvalue weighted by Gasteiger charge is -2.18. The van der Waals surface area contributed by atoms with Gasteiger partial charge in [0.1, 0.15) is 0 Å². The number of rotatable bonds is 2. The molecule has 0 amide bonds. The Kier molecular flexibility index (Phi) is 2.30. The Morgan fingerprint density at radius 2 is 2.14 bits per heavy atom. The van der Waals surface area contributed by atoms with Crippen LogP contribution in [0.2, 0.25) is 0 Å². The van der Waals surface area contributed by atoms with Crippen molar-refractivity contribution in [2.75, 3.05) is 0 Å². The van der Waals surface area contributed by atoms with Crippen LogP contribution < -0.4 is 5.73 Å². The van der Waals surface area contributed by atoms with Crippen LogP contribution in [0.4, 0.5) is 0 Å². The second-order valence-corrected chi connectivity index (χ2v) is 2.26. The standard InChI is InChI=1S/C6H14N/c1-4-6(3,7)5-2/h1,4-5,7H2,2-3H3. The van der Waals surface area contributed by atoms with Gasteiger partial charge in [0.2, 0.25) is 0 Å². The van der Waals surface area contributed by atoms with Crippen LogP contribution in [-0.4, -0.2) is 5.54 Å². The highest BCUT2D eigenvalue weighted by atomic mass is 14.7. The van der Waals surface area contributed by atoms with Crippen LogP contribution in [0.15, 0.2) is 0 Å². The fraction of sp³-hybridized carbons (Fsp3) is 0.833. The first-order valence-electron chi connectivity index (χ1n) is 2.70. The number of hydrogen-bond donors (Lipinski definition) is 1. The Balaban J connectivity index is 3.36. The zero-order valence-electron chi connectivity index (χ0n) is 5.20. The molecule has 2 N–H and O–H groups in total. The van der Waals surface area contributed by atoms with Crippen LogP contribution in [0.25, 0.3) is 0 Å². The van der Waals surface area contributed by atoms with Crippen LogP contribution in [0.5, 0.6) is 0 Å². The molecule has 7 heavy (non-hydrogen) atoms. The largest absolute Gasteiger partial charge is 0.325 e. The van der Waals surface area contributed by atoms with Gasteiger partial charge in [0, 0.05) is 5.54 Å². The normalized spacial score (nSPS) is 12.0. The Labute approximate surface area is 45.9 Å². The maximum Gasteiger partial charge on any atom is 0.0123 e. The minimum absolute atomic E-state index is 0.0278. The third-order valence-electron chi connectivity index (χ3n) is 1.38. The molecule has 0 spiro atoms. The monoisotopic (exact) mass is 100 g/mol. The SMILES string of the molecule is [CH2]CC(C)(N)CC. The minimum Gasteiger partial charge on any atom is -0.325 e. The lowest BCUT2D eigenvalue weighted by molar-refractivity contribution is 0.457. The van der Waals surface area contributed by atoms with Gasteiger partial charge in [0.05, 0.1) is 0 Å². The quantitative estimate of drug-likeness (QED) is 0.556. The van der Waals surface area contributed by atoms with Gasteiger partial charge in [0.15, 0.2) is 0 Å². The van der Waals surface area contributed by atoms with Crippen LogP contribution in [-0.2, 0) is 0 Å². The van der Waals surface area contributed by atoms with E-state index in [2.05, 4.69) is 13.8 Å². The predicted octanol–water partition coefficient (Wildman–Crippen LogP) is 1.34. The van der Waals surface area contributed by atoms with E-state index in [1.807, 2.05) is 6.92 Å². The Hall–Kier alpha value is -0.0400. The molecule has 1 nitrogen and oxygen atoms in total. The summed E-state index contributed by atoms with van der Waals surface area (Å²) in [4.78, 5) is 0. The van der Waals surface area contributed by atoms with Crippen molar-refractivity contribution in [1.82, 2.24) is 0 Å². The first kappa shape index (κ1) is 6.96. The van der Waals surface area contributed by atoms with E-state index >= 15 is 0 Å². The highest BCUT2D eigenvalue weighted by Gasteiger charge is 2.10. The average Bonchev–Trinajstić information content (AvgIpc) is 1.68. The molecule has 1 heteroatoms. The van der Waals surface area contributed by atoms with Gasteiger partial charge in [-0.3, -0.25) is 0 Å². The first-order chi connectivity index (χ1) is 3.12. The van der Waals surface area contributed by atoms with E-state index in [0.29, 0.717) is 0 Å². The van der Waals surface area contributed by atoms with Gasteiger partial charge in [-0.15, -0.1) is 0 Å². The van der Waals surface area contributed by atoms with E-state index in [9.17, 15) is 0 Å². The summed E-state index contributed by atoms with van der Waals surface area (Å²) >= 11 is 0. The molecule has 1 radical (unpaired) electrons. The van der Waals surface area contributed by atoms with Crippen molar-refractivity contribution in [2.45, 2.75) is 32.2 Å². The fourth-order valence-electron chi connectivity index (χ4n) is 0.177. The van der Waals surface area contributed by atoms with Crippen molar-refractivity contribution in [1.29, 1.82) is 0 Å². The van der Waals surface area contributed by atoms with Crippen molar-refractivity contribution in [3.63, 3.8) is 0 Å². The summed E-state index contributed by atoms with van der Waals surface area (Å²) in [7, 11) is 0. The Morgan fingerprint density at radius 1 is 1.71 bits per heavy atom. The highest BCUT2D eigenvalue weighted by Crippen LogP contribution is 2.07. The molecule has 0 bridgehead atoms. The average molecular weight is 100 g/mol. The lowest BCUT2D eigenvalue weighted by atomic mass is 9.98. The maximum absolute atomic E-state index is 5.65. The van der Waals surface area contributed by atoms with Crippen molar-refractivity contribution >= 4 is 0 Å². The molecule has 0 aliphatic heterocycles. The molecule has 0 rings (SSSR count). The molecule has 43 valence electrons. The molecule has 0 aliphatic rings. The van der Waals surface area contributed by atoms with E-state index in [1.54, 1.807) is 0 Å². The molecule has 0 saturated carbocycles. The smallest absolute Gasteiger partial charge is 0.0123 e. The van der Waals surface area contributed by atoms with Crippen LogP contribution in [0, 0.1) is 6.92 Å². The molecule has 0 aromatic heterocycles. The van der Waals surface area contributed by atoms with E-state index < -0.39 is 0 Å². The van der Waals surface area contributed by atoms with Crippen LogP contribution in [0.3, 0.4) is 0 Å². The van der Waals surface area contributed by atoms with E-state index in [1.165, 1.54) is 0 Å². The molecule has 0 saturated heterocycles. The van der Waals surface area contributed by atoms with Crippen molar-refractivity contribution in [3.8, 4) is 0 Å². The molecule has 0 heterocycles. The summed E-state index contributed by atoms with van der Waals surface area (Å²) in [5.74, 6) is 0. The first-order valence-corrected chi connectivity index (χ1v) is 2.70. The molecular formula is C6H14N. The summed E-state index contributed by atoms with van der Waals surface area (Å²) in [6.07, 6.45) is 1.83. The van der Waals surface area contributed by atoms with E-state index in [0.717, 1.165) is 12.8 Å². The molecule has 0 fully saturated rings. The van der Waals surface area contributed by atoms with Gasteiger partial charge >= 0.3 is 0 Å². The molecule has 0 aromatic rings. The van der Waals surface area contributed by atoms with E-state index in [4.69, 9.17) is 5.73 Å². The van der Waals surface area contributed by atoms with Gasteiger partial charge in [-0.25, -0.2) is 0 Å². The molecule has 0 aliphatic carbocycles. The van der Waals surface area contributed by atoms with Crippen LogP contribution >= 0.6 is 0 Å². The predicted molar refractivity (Wildman–Crippen MR) is 32.9 cm³/mol. The fourth-order valence-corrected chi connectivity index (χ4v) is 0.177. The van der Waals surface area contributed by atoms with Crippen LogP contribution in [0.1, 0.15) is 26.7 Å². The van der Waals surface area contributed by atoms with Crippen molar-refractivity contribution in [2.24, 2.45) is 5.73 Å². The van der Waals surface area contributed by atoms with Crippen molar-refractivity contribution < 1.29 is 0 Å². The summed E-state index contributed by atoms with van der Waals surface area (Å²) in [6.45, 7) is 7.79. The minimum atomic E-state index is -0.0278. The third kappa shape index (κ3) is 2.63. The topological polar surface area (TPSA) is 26.0 Å². The van der Waals surface area contributed by atoms with E-state index in [-0.39, 0.29) is 5.54 Å². The van der Waals surface area contributed by atoms with Gasteiger partial charge in [-0.1, -0.05) is 13.8 Å². The molecule has 1 unspecified atom stereocenters. The number of nitrogens with two attached hydrogens (primary N) is 1. The number of hydrogen-bond acceptors (Lipinski definition) is 1. The highest BCUT2D eigenvalue weighted by molar-refractivity contribution is 4.76. The Morgan fingerprint density at radius 3 is 2.14 bits per heavy atom. The summed E-state index contributed by atoms with van der Waals surface area (Å²) in [5, 5.41) is 0. The molecule has 1 atom stereocenters. The second-order valence-electron chi connectivity index (χ2n) is 2.26. The molecule has 0 aromatic carbocycles. The molecular weight excluding hydrogens is 86.1 g/mol. The van der Waals surface area contributed by atoms with Gasteiger partial charge in [0.25, 0.3) is 0 Å². The summed E-state index contributed by atoms with van der Waals surface area (Å²) < 4.78 is 0. The van der Waals surface area contributed by atoms with Gasteiger partial charge < -0.3 is 5.73 Å². The third-order valence-corrected chi connectivity index (χ3v) is 1.38. The zero-order valence-corrected chi connectivity index (χ0v) is 5.20. The van der Waals surface area contributed by atoms with Crippen molar-refractivity contribution in [3.05, 3.63) is 6.92 Å². The maximum atomic E-state index is 5.65. The zero-order chi connectivity index (χ0) is 5.91. The summed E-state index contributed by atoms with van der Waals surface area (Å²) in [6, 6.07) is 0. The summed E-state index contributed by atoms with van der Waals surface area (Å²) in [5.41, 5.74) is 5.62. The van der Waals surface area contributed by atoms with Gasteiger partial charge in [-0.05, 0) is 19.8 Å². The lowest BCUT2D eigenvalue weighted by Crippen LogP contribution is -2.33. The van der Waals surface area contributed by atoms with Gasteiger partial charge in [-0.2, -0.15) is 0 Å². The second kappa shape index (κ2) is 2.31.